The molecular weight excluding hydrogens is 638 g/mol. The zero-order chi connectivity index (χ0) is 35.5. The van der Waals surface area contributed by atoms with E-state index in [1.807, 2.05) is 0 Å². The second kappa shape index (κ2) is 13.6. The highest BCUT2D eigenvalue weighted by Crippen LogP contribution is 2.47. The Morgan fingerprint density at radius 2 is 1.30 bits per heavy atom. The van der Waals surface area contributed by atoms with E-state index >= 15 is 0 Å². The molecule has 1 N–H and O–H groups in total. The number of aliphatic hydroxyl groups is 1. The fourth-order valence-corrected chi connectivity index (χ4v) is 5.43. The minimum Gasteiger partial charge on any atom is -0.458 e. The van der Waals surface area contributed by atoms with Crippen LogP contribution >= 0.6 is 0 Å². The maximum Gasteiger partial charge on any atom is 0.432 e. The average Bonchev–Trinajstić information content (AvgIpc) is 2.98. The van der Waals surface area contributed by atoms with Gasteiger partial charge in [-0.15, -0.1) is 0 Å². The van der Waals surface area contributed by atoms with Crippen LogP contribution in [-0.2, 0) is 44.5 Å². The maximum absolute atomic E-state index is 14.3. The summed E-state index contributed by atoms with van der Waals surface area (Å²) in [5.41, 5.74) is -12.1. The number of ketones is 1. The number of methoxy groups -OCH3 is 2. The van der Waals surface area contributed by atoms with E-state index in [0.717, 1.165) is 42.5 Å². The lowest BCUT2D eigenvalue weighted by Gasteiger charge is -2.45. The number of allylic oxidation sites excluding steroid dienone is 1. The van der Waals surface area contributed by atoms with E-state index in [4.69, 9.17) is 18.9 Å². The van der Waals surface area contributed by atoms with Gasteiger partial charge in [0.15, 0.2) is 5.78 Å². The van der Waals surface area contributed by atoms with Crippen molar-refractivity contribution in [3.63, 3.8) is 0 Å². The summed E-state index contributed by atoms with van der Waals surface area (Å²) in [5.74, 6) is -4.24. The van der Waals surface area contributed by atoms with Crippen LogP contribution in [-0.4, -0.2) is 67.7 Å². The topological polar surface area (TPSA) is 108 Å². The molecule has 0 radical (unpaired) electrons. The van der Waals surface area contributed by atoms with Crippen LogP contribution in [0.4, 0.5) is 26.3 Å². The van der Waals surface area contributed by atoms with Crippen LogP contribution in [0.3, 0.4) is 0 Å². The van der Waals surface area contributed by atoms with E-state index in [2.05, 4.69) is 0 Å². The summed E-state index contributed by atoms with van der Waals surface area (Å²) in [6, 6.07) is 12.0. The van der Waals surface area contributed by atoms with Gasteiger partial charge in [0.1, 0.15) is 18.3 Å². The summed E-state index contributed by atoms with van der Waals surface area (Å²) in [7, 11) is 1.37. The third kappa shape index (κ3) is 6.85. The smallest absolute Gasteiger partial charge is 0.432 e. The van der Waals surface area contributed by atoms with Crippen molar-refractivity contribution >= 4 is 17.7 Å². The molecule has 1 aliphatic rings. The maximum atomic E-state index is 14.3. The monoisotopic (exact) mass is 672 g/mol. The van der Waals surface area contributed by atoms with Crippen molar-refractivity contribution in [2.24, 2.45) is 5.41 Å². The van der Waals surface area contributed by atoms with Crippen molar-refractivity contribution in [1.29, 1.82) is 0 Å². The number of ether oxygens (including phenoxy) is 4. The Morgan fingerprint density at radius 3 is 1.72 bits per heavy atom. The van der Waals surface area contributed by atoms with Crippen LogP contribution in [0.25, 0.3) is 0 Å². The summed E-state index contributed by atoms with van der Waals surface area (Å²) >= 11 is 0. The molecule has 0 heterocycles. The van der Waals surface area contributed by atoms with E-state index in [1.54, 1.807) is 0 Å². The number of hydrogen-bond acceptors (Lipinski definition) is 8. The van der Waals surface area contributed by atoms with E-state index in [1.165, 1.54) is 57.2 Å². The molecule has 2 aromatic carbocycles. The molecule has 0 spiro atoms. The van der Waals surface area contributed by atoms with Gasteiger partial charge in [0, 0.05) is 42.8 Å². The van der Waals surface area contributed by atoms with Crippen molar-refractivity contribution in [3.8, 4) is 0 Å². The molecule has 1 aliphatic carbocycles. The number of halogens is 6. The Morgan fingerprint density at radius 1 is 0.851 bits per heavy atom. The van der Waals surface area contributed by atoms with Gasteiger partial charge in [0.05, 0.1) is 0 Å². The predicted octanol–water partition coefficient (Wildman–Crippen LogP) is 5.88. The minimum atomic E-state index is -5.29. The van der Waals surface area contributed by atoms with E-state index in [-0.39, 0.29) is 12.0 Å². The molecule has 0 bridgehead atoms. The Bertz CT molecular complexity index is 1500. The fourth-order valence-electron chi connectivity index (χ4n) is 5.43. The lowest BCUT2D eigenvalue weighted by Crippen LogP contribution is -2.53. The van der Waals surface area contributed by atoms with Gasteiger partial charge >= 0.3 is 24.3 Å². The number of carbonyl (C=O) groups excluding carboxylic acids is 3. The van der Waals surface area contributed by atoms with Gasteiger partial charge in [0.2, 0.25) is 0 Å². The summed E-state index contributed by atoms with van der Waals surface area (Å²) < 4.78 is 105. The van der Waals surface area contributed by atoms with Gasteiger partial charge in [0.25, 0.3) is 11.2 Å². The molecule has 47 heavy (non-hydrogen) atoms. The van der Waals surface area contributed by atoms with Crippen molar-refractivity contribution in [1.82, 2.24) is 0 Å². The SMILES string of the molecule is CO[C@](C(=O)OCC1=CC(=O)CC(C)(C)[C@@]1(O)/C=C/[C@H](C)OC(=O)[C@@](OC)(c1ccccc1)C(F)(F)F)(c1ccccc1)C(F)(F)F. The lowest BCUT2D eigenvalue weighted by molar-refractivity contribution is -0.277. The Labute approximate surface area is 266 Å². The first kappa shape index (κ1) is 37.4. The molecule has 0 unspecified atom stereocenters. The van der Waals surface area contributed by atoms with E-state index in [9.17, 15) is 45.8 Å². The standard InChI is InChI=1S/C33H34F6O8/c1-21(47-27(42)31(45-5,33(37,38)39)23-14-10-7-11-15-23)16-17-29(43)24(18-25(40)19-28(29,2)3)20-46-26(41)30(44-4,32(34,35)36)22-12-8-6-9-13-22/h6-18,21,43H,19-20H2,1-5H3/b17-16+/t21-,29+,30-,31-/m0/s1. The number of alkyl halides is 6. The van der Waals surface area contributed by atoms with Crippen molar-refractivity contribution in [2.75, 3.05) is 20.8 Å². The molecule has 0 saturated carbocycles. The van der Waals surface area contributed by atoms with Gasteiger partial charge in [-0.1, -0.05) is 74.5 Å². The molecule has 0 aliphatic heterocycles. The van der Waals surface area contributed by atoms with E-state index < -0.39 is 76.1 Å². The average molecular weight is 673 g/mol. The van der Waals surface area contributed by atoms with Crippen LogP contribution in [0.15, 0.2) is 84.5 Å². The molecule has 0 saturated heterocycles. The molecule has 2 aromatic rings. The van der Waals surface area contributed by atoms with Gasteiger partial charge in [-0.2, -0.15) is 26.3 Å². The molecule has 8 nitrogen and oxygen atoms in total. The van der Waals surface area contributed by atoms with Crippen LogP contribution in [0.5, 0.6) is 0 Å². The first-order chi connectivity index (χ1) is 21.7. The highest BCUT2D eigenvalue weighted by atomic mass is 19.4. The number of rotatable bonds is 11. The quantitative estimate of drug-likeness (QED) is 0.179. The van der Waals surface area contributed by atoms with Gasteiger partial charge in [-0.3, -0.25) is 4.79 Å². The molecule has 4 atom stereocenters. The zero-order valence-electron chi connectivity index (χ0n) is 26.1. The van der Waals surface area contributed by atoms with Crippen LogP contribution in [0.2, 0.25) is 0 Å². The fraction of sp³-hybridized carbons (Fsp3) is 0.424. The number of benzene rings is 2. The van der Waals surface area contributed by atoms with Gasteiger partial charge < -0.3 is 24.1 Å². The van der Waals surface area contributed by atoms with Crippen LogP contribution in [0.1, 0.15) is 38.3 Å². The molecular formula is C33H34F6O8. The second-order valence-corrected chi connectivity index (χ2v) is 11.5. The third-order valence-electron chi connectivity index (χ3n) is 8.08. The van der Waals surface area contributed by atoms with Crippen LogP contribution in [0, 0.1) is 5.41 Å². The third-order valence-corrected chi connectivity index (χ3v) is 8.08. The summed E-state index contributed by atoms with van der Waals surface area (Å²) in [6.45, 7) is 3.07. The van der Waals surface area contributed by atoms with E-state index in [0.29, 0.717) is 14.2 Å². The summed E-state index contributed by atoms with van der Waals surface area (Å²) in [5, 5.41) is 11.8. The number of hydrogen-bond donors (Lipinski definition) is 1. The Balaban J connectivity index is 1.94. The Kier molecular flexibility index (Phi) is 10.8. The van der Waals surface area contributed by atoms with Crippen LogP contribution < -0.4 is 0 Å². The molecule has 0 amide bonds. The largest absolute Gasteiger partial charge is 0.458 e. The number of esters is 2. The predicted molar refractivity (Wildman–Crippen MR) is 154 cm³/mol. The second-order valence-electron chi connectivity index (χ2n) is 11.5. The molecule has 0 fully saturated rings. The normalized spacial score (nSPS) is 21.7. The lowest BCUT2D eigenvalue weighted by atomic mass is 9.64. The van der Waals surface area contributed by atoms with Crippen molar-refractivity contribution < 1.29 is 64.8 Å². The van der Waals surface area contributed by atoms with Crippen molar-refractivity contribution in [2.45, 2.75) is 62.5 Å². The molecule has 3 rings (SSSR count). The molecule has 14 heteroatoms. The first-order valence-corrected chi connectivity index (χ1v) is 14.1. The van der Waals surface area contributed by atoms with Gasteiger partial charge in [-0.05, 0) is 25.2 Å². The van der Waals surface area contributed by atoms with Crippen molar-refractivity contribution in [3.05, 3.63) is 95.6 Å². The highest BCUT2D eigenvalue weighted by Gasteiger charge is 2.65. The Hall–Kier alpha value is -4.01. The molecule has 0 aromatic heterocycles. The zero-order valence-corrected chi connectivity index (χ0v) is 26.1. The first-order valence-electron chi connectivity index (χ1n) is 14.1. The summed E-state index contributed by atoms with van der Waals surface area (Å²) in [6.07, 6.45) is -9.30. The minimum absolute atomic E-state index is 0.275. The summed E-state index contributed by atoms with van der Waals surface area (Å²) in [4.78, 5) is 38.7. The molecule has 256 valence electrons. The number of carbonyl (C=O) groups is 3. The van der Waals surface area contributed by atoms with Gasteiger partial charge in [-0.25, -0.2) is 9.59 Å². The highest BCUT2D eigenvalue weighted by molar-refractivity contribution is 5.93.